The van der Waals surface area contributed by atoms with Crippen LogP contribution < -0.4 is 10.2 Å². The van der Waals surface area contributed by atoms with Crippen LogP contribution >= 0.6 is 45.8 Å². The number of amides is 1. The molecule has 2 N–H and O–H groups in total. The molecule has 0 bridgehead atoms. The van der Waals surface area contributed by atoms with Crippen molar-refractivity contribution in [1.82, 2.24) is 5.43 Å². The Morgan fingerprint density at radius 3 is 2.69 bits per heavy atom. The van der Waals surface area contributed by atoms with Gasteiger partial charge in [0.1, 0.15) is 18.1 Å². The smallest absolute Gasteiger partial charge is 0.275 e. The maximum absolute atomic E-state index is 12.5. The molecule has 3 rings (SSSR count). The lowest BCUT2D eigenvalue weighted by atomic mass is 10.2. The van der Waals surface area contributed by atoms with Gasteiger partial charge in [-0.3, -0.25) is 4.79 Å². The lowest BCUT2D eigenvalue weighted by Crippen LogP contribution is -2.18. The summed E-state index contributed by atoms with van der Waals surface area (Å²) in [5.41, 5.74) is 4.32. The van der Waals surface area contributed by atoms with Gasteiger partial charge in [0.2, 0.25) is 0 Å². The Hall–Kier alpha value is -2.29. The van der Waals surface area contributed by atoms with E-state index in [9.17, 15) is 9.90 Å². The number of carbonyl (C=O) groups excluding carboxylic acids is 1. The van der Waals surface area contributed by atoms with Gasteiger partial charge in [-0.1, -0.05) is 41.4 Å². The highest BCUT2D eigenvalue weighted by Gasteiger charge is 2.12. The minimum atomic E-state index is -0.410. The number of phenols is 1. The van der Waals surface area contributed by atoms with Crippen molar-refractivity contribution in [3.05, 3.63) is 91.0 Å². The normalized spacial score (nSPS) is 10.9. The van der Waals surface area contributed by atoms with E-state index in [1.165, 1.54) is 6.21 Å². The number of nitrogens with zero attached hydrogens (tertiary/aromatic N) is 1. The van der Waals surface area contributed by atoms with E-state index in [4.69, 9.17) is 27.9 Å². The third kappa shape index (κ3) is 5.85. The molecule has 0 aromatic heterocycles. The molecule has 0 spiro atoms. The first-order chi connectivity index (χ1) is 13.9. The molecule has 29 heavy (non-hydrogen) atoms. The van der Waals surface area contributed by atoms with Crippen molar-refractivity contribution in [3.63, 3.8) is 0 Å². The molecule has 8 heteroatoms. The van der Waals surface area contributed by atoms with E-state index < -0.39 is 5.91 Å². The molecule has 0 unspecified atom stereocenters. The summed E-state index contributed by atoms with van der Waals surface area (Å²) in [6.45, 7) is 0.190. The summed E-state index contributed by atoms with van der Waals surface area (Å²) in [4.78, 5) is 12.5. The van der Waals surface area contributed by atoms with E-state index in [1.807, 2.05) is 22.6 Å². The molecular formula is C21H15Cl2IN2O3. The zero-order valence-electron chi connectivity index (χ0n) is 14.9. The minimum absolute atomic E-state index is 0.190. The third-order valence-corrected chi connectivity index (χ3v) is 5.33. The number of aromatic hydroxyl groups is 1. The minimum Gasteiger partial charge on any atom is -0.507 e. The van der Waals surface area contributed by atoms with Crippen molar-refractivity contribution in [3.8, 4) is 11.5 Å². The van der Waals surface area contributed by atoms with E-state index in [1.54, 1.807) is 60.7 Å². The molecule has 0 saturated heterocycles. The Bertz CT molecular complexity index is 1070. The largest absolute Gasteiger partial charge is 0.507 e. The van der Waals surface area contributed by atoms with Crippen molar-refractivity contribution in [2.45, 2.75) is 6.61 Å². The van der Waals surface area contributed by atoms with Crippen LogP contribution in [0, 0.1) is 3.57 Å². The SMILES string of the molecule is O=C(N/N=C/c1ccc(O)c(I)c1)c1ccccc1OCc1ccc(Cl)cc1Cl. The maximum atomic E-state index is 12.5. The van der Waals surface area contributed by atoms with E-state index in [0.29, 0.717) is 24.9 Å². The zero-order chi connectivity index (χ0) is 20.8. The number of carbonyl (C=O) groups is 1. The van der Waals surface area contributed by atoms with Crippen LogP contribution in [0.3, 0.4) is 0 Å². The molecule has 0 heterocycles. The Morgan fingerprint density at radius 2 is 1.93 bits per heavy atom. The molecule has 0 atom stereocenters. The molecule has 0 fully saturated rings. The van der Waals surface area contributed by atoms with Crippen molar-refractivity contribution in [2.24, 2.45) is 5.10 Å². The molecule has 148 valence electrons. The maximum Gasteiger partial charge on any atom is 0.275 e. The fraction of sp³-hybridized carbons (Fsp3) is 0.0476. The summed E-state index contributed by atoms with van der Waals surface area (Å²) in [6.07, 6.45) is 1.50. The van der Waals surface area contributed by atoms with Crippen LogP contribution in [0.15, 0.2) is 65.8 Å². The third-order valence-electron chi connectivity index (χ3n) is 3.88. The second kappa shape index (κ2) is 9.96. The highest BCUT2D eigenvalue weighted by molar-refractivity contribution is 14.1. The van der Waals surface area contributed by atoms with Gasteiger partial charge in [-0.25, -0.2) is 5.43 Å². The van der Waals surface area contributed by atoms with E-state index in [-0.39, 0.29) is 12.4 Å². The molecule has 1 amide bonds. The summed E-state index contributed by atoms with van der Waals surface area (Å²) < 4.78 is 6.48. The summed E-state index contributed by atoms with van der Waals surface area (Å²) in [7, 11) is 0. The number of benzene rings is 3. The predicted octanol–water partition coefficient (Wildman–Crippen LogP) is 5.65. The van der Waals surface area contributed by atoms with Gasteiger partial charge in [-0.05, 0) is 70.6 Å². The van der Waals surface area contributed by atoms with E-state index >= 15 is 0 Å². The van der Waals surface area contributed by atoms with Crippen LogP contribution in [0.1, 0.15) is 21.5 Å². The number of ether oxygens (including phenoxy) is 1. The van der Waals surface area contributed by atoms with Gasteiger partial charge in [0.25, 0.3) is 5.91 Å². The lowest BCUT2D eigenvalue weighted by molar-refractivity contribution is 0.0950. The van der Waals surface area contributed by atoms with Crippen molar-refractivity contribution in [2.75, 3.05) is 0 Å². The molecule has 0 aliphatic heterocycles. The quantitative estimate of drug-likeness (QED) is 0.241. The molecule has 0 aliphatic carbocycles. The number of nitrogens with one attached hydrogen (secondary N) is 1. The van der Waals surface area contributed by atoms with Gasteiger partial charge < -0.3 is 9.84 Å². The first kappa shape index (κ1) is 21.4. The van der Waals surface area contributed by atoms with Crippen LogP contribution in [0.5, 0.6) is 11.5 Å². The van der Waals surface area contributed by atoms with Crippen molar-refractivity contribution >= 4 is 57.9 Å². The monoisotopic (exact) mass is 540 g/mol. The molecular weight excluding hydrogens is 526 g/mol. The predicted molar refractivity (Wildman–Crippen MR) is 123 cm³/mol. The first-order valence-corrected chi connectivity index (χ1v) is 10.2. The second-order valence-electron chi connectivity index (χ2n) is 5.93. The molecule has 3 aromatic rings. The molecule has 5 nitrogen and oxygen atoms in total. The van der Waals surface area contributed by atoms with Crippen LogP contribution in [-0.2, 0) is 6.61 Å². The average molecular weight is 541 g/mol. The molecule has 0 aliphatic rings. The van der Waals surface area contributed by atoms with Gasteiger partial charge in [0.05, 0.1) is 15.3 Å². The molecule has 0 saturated carbocycles. The molecule has 3 aromatic carbocycles. The number of rotatable bonds is 6. The zero-order valence-corrected chi connectivity index (χ0v) is 18.6. The van der Waals surface area contributed by atoms with Crippen LogP contribution in [-0.4, -0.2) is 17.2 Å². The number of phenolic OH excluding ortho intramolecular Hbond substituents is 1. The van der Waals surface area contributed by atoms with E-state index in [2.05, 4.69) is 10.5 Å². The van der Waals surface area contributed by atoms with Crippen LogP contribution in [0.25, 0.3) is 0 Å². The van der Waals surface area contributed by atoms with Gasteiger partial charge >= 0.3 is 0 Å². The Balaban J connectivity index is 1.68. The van der Waals surface area contributed by atoms with Crippen LogP contribution in [0.4, 0.5) is 0 Å². The standard InChI is InChI=1S/C21H15Cl2IN2O3/c22-15-7-6-14(17(23)10-15)12-29-20-4-2-1-3-16(20)21(28)26-25-11-13-5-8-19(27)18(24)9-13/h1-11,27H,12H2,(H,26,28)/b25-11+. The number of hydrazone groups is 1. The number of hydrogen-bond acceptors (Lipinski definition) is 4. The topological polar surface area (TPSA) is 70.9 Å². The van der Waals surface area contributed by atoms with E-state index in [0.717, 1.165) is 11.1 Å². The summed E-state index contributed by atoms with van der Waals surface area (Å²) >= 11 is 14.1. The van der Waals surface area contributed by atoms with Gasteiger partial charge in [0.15, 0.2) is 0 Å². The number of hydrogen-bond donors (Lipinski definition) is 2. The van der Waals surface area contributed by atoms with Crippen LogP contribution in [0.2, 0.25) is 10.0 Å². The van der Waals surface area contributed by atoms with Crippen molar-refractivity contribution < 1.29 is 14.6 Å². The Morgan fingerprint density at radius 1 is 1.14 bits per heavy atom. The summed E-state index contributed by atoms with van der Waals surface area (Å²) in [5, 5.41) is 14.6. The van der Waals surface area contributed by atoms with Gasteiger partial charge in [-0.15, -0.1) is 0 Å². The molecule has 0 radical (unpaired) electrons. The Labute approximate surface area is 191 Å². The summed E-state index contributed by atoms with van der Waals surface area (Å²) in [6, 6.07) is 17.0. The first-order valence-electron chi connectivity index (χ1n) is 8.41. The average Bonchev–Trinajstić information content (AvgIpc) is 2.70. The highest BCUT2D eigenvalue weighted by atomic mass is 127. The number of halogens is 3. The number of para-hydroxylation sites is 1. The summed E-state index contributed by atoms with van der Waals surface area (Å²) in [5.74, 6) is 0.191. The lowest BCUT2D eigenvalue weighted by Gasteiger charge is -2.11. The fourth-order valence-electron chi connectivity index (χ4n) is 2.40. The highest BCUT2D eigenvalue weighted by Crippen LogP contribution is 2.24. The van der Waals surface area contributed by atoms with Crippen molar-refractivity contribution in [1.29, 1.82) is 0 Å². The van der Waals surface area contributed by atoms with Gasteiger partial charge in [0, 0.05) is 15.6 Å². The Kier molecular flexibility index (Phi) is 7.35. The fourth-order valence-corrected chi connectivity index (χ4v) is 3.41. The second-order valence-corrected chi connectivity index (χ2v) is 7.94. The van der Waals surface area contributed by atoms with Gasteiger partial charge in [-0.2, -0.15) is 5.10 Å².